The fraction of sp³-hybridized carbons (Fsp3) is 0.375. The average Bonchev–Trinajstić information content (AvgIpc) is 3.11. The Hall–Kier alpha value is -2.99. The van der Waals surface area contributed by atoms with Gasteiger partial charge >= 0.3 is 0 Å². The summed E-state index contributed by atoms with van der Waals surface area (Å²) in [6.07, 6.45) is 4.29. The molecule has 0 saturated carbocycles. The third kappa shape index (κ3) is 5.13. The molecule has 160 valence electrons. The number of rotatable bonds is 10. The Morgan fingerprint density at radius 2 is 1.93 bits per heavy atom. The van der Waals surface area contributed by atoms with E-state index in [0.29, 0.717) is 36.9 Å². The summed E-state index contributed by atoms with van der Waals surface area (Å²) in [6.45, 7) is 5.39. The summed E-state index contributed by atoms with van der Waals surface area (Å²) in [4.78, 5) is 12.7. The van der Waals surface area contributed by atoms with Gasteiger partial charge < -0.3 is 23.7 Å². The summed E-state index contributed by atoms with van der Waals surface area (Å²) in [5.74, 6) is 2.52. The molecule has 0 spiro atoms. The van der Waals surface area contributed by atoms with Gasteiger partial charge in [0.1, 0.15) is 24.2 Å². The van der Waals surface area contributed by atoms with Crippen LogP contribution in [-0.4, -0.2) is 45.9 Å². The molecule has 1 atom stereocenters. The molecule has 30 heavy (non-hydrogen) atoms. The summed E-state index contributed by atoms with van der Waals surface area (Å²) in [7, 11) is 3.15. The van der Waals surface area contributed by atoms with Crippen LogP contribution in [0.4, 0.5) is 0 Å². The number of ether oxygens (including phenoxy) is 5. The van der Waals surface area contributed by atoms with E-state index in [1.54, 1.807) is 38.5 Å². The predicted octanol–water partition coefficient (Wildman–Crippen LogP) is 4.34. The zero-order chi connectivity index (χ0) is 21.5. The van der Waals surface area contributed by atoms with E-state index in [2.05, 4.69) is 0 Å². The van der Waals surface area contributed by atoms with Crippen LogP contribution in [0, 0.1) is 0 Å². The molecule has 1 unspecified atom stereocenters. The van der Waals surface area contributed by atoms with Crippen molar-refractivity contribution in [2.75, 3.05) is 34.0 Å². The number of benzene rings is 2. The Morgan fingerprint density at radius 1 is 1.10 bits per heavy atom. The van der Waals surface area contributed by atoms with Crippen molar-refractivity contribution >= 4 is 11.9 Å². The number of hydrogen-bond donors (Lipinski definition) is 0. The molecule has 6 heteroatoms. The van der Waals surface area contributed by atoms with Crippen LogP contribution < -0.4 is 18.9 Å². The van der Waals surface area contributed by atoms with E-state index in [-0.39, 0.29) is 11.9 Å². The molecule has 0 radical (unpaired) electrons. The zero-order valence-corrected chi connectivity index (χ0v) is 17.9. The van der Waals surface area contributed by atoms with Crippen LogP contribution in [0.1, 0.15) is 35.3 Å². The van der Waals surface area contributed by atoms with E-state index in [0.717, 1.165) is 29.0 Å². The molecule has 0 aromatic heterocycles. The Bertz CT molecular complexity index is 918. The Labute approximate surface area is 177 Å². The van der Waals surface area contributed by atoms with Gasteiger partial charge in [-0.15, -0.1) is 0 Å². The van der Waals surface area contributed by atoms with Gasteiger partial charge in [0.15, 0.2) is 17.3 Å². The highest BCUT2D eigenvalue weighted by atomic mass is 16.5. The molecular formula is C24H28O6. The van der Waals surface area contributed by atoms with Crippen LogP contribution >= 0.6 is 0 Å². The van der Waals surface area contributed by atoms with Gasteiger partial charge in [0, 0.05) is 30.2 Å². The molecule has 0 aliphatic carbocycles. The molecule has 6 nitrogen and oxygen atoms in total. The van der Waals surface area contributed by atoms with E-state index in [4.69, 9.17) is 23.7 Å². The molecule has 2 aromatic rings. The maximum Gasteiger partial charge on any atom is 0.185 e. The van der Waals surface area contributed by atoms with Crippen molar-refractivity contribution < 1.29 is 28.5 Å². The highest BCUT2D eigenvalue weighted by Gasteiger charge is 2.21. The molecule has 3 rings (SSSR count). The van der Waals surface area contributed by atoms with Crippen molar-refractivity contribution in [2.24, 2.45) is 0 Å². The van der Waals surface area contributed by atoms with Crippen molar-refractivity contribution in [3.05, 3.63) is 53.1 Å². The van der Waals surface area contributed by atoms with Gasteiger partial charge in [-0.3, -0.25) is 4.79 Å². The molecule has 1 heterocycles. The summed E-state index contributed by atoms with van der Waals surface area (Å²) in [5, 5.41) is 0. The minimum Gasteiger partial charge on any atom is -0.493 e. The fourth-order valence-electron chi connectivity index (χ4n) is 3.30. The van der Waals surface area contributed by atoms with Gasteiger partial charge in [0.25, 0.3) is 0 Å². The molecule has 0 saturated heterocycles. The minimum absolute atomic E-state index is 0.144. The van der Waals surface area contributed by atoms with Crippen LogP contribution in [0.3, 0.4) is 0 Å². The lowest BCUT2D eigenvalue weighted by Crippen LogP contribution is -2.06. The van der Waals surface area contributed by atoms with Gasteiger partial charge in [0.05, 0.1) is 20.3 Å². The second-order valence-electron chi connectivity index (χ2n) is 6.97. The average molecular weight is 412 g/mol. The molecular weight excluding hydrogens is 384 g/mol. The van der Waals surface area contributed by atoms with E-state index in [9.17, 15) is 4.79 Å². The lowest BCUT2D eigenvalue weighted by Gasteiger charge is -2.11. The van der Waals surface area contributed by atoms with E-state index in [1.807, 2.05) is 26.0 Å². The Balaban J connectivity index is 1.79. The first-order chi connectivity index (χ1) is 14.5. The topological polar surface area (TPSA) is 63.2 Å². The monoisotopic (exact) mass is 412 g/mol. The number of fused-ring (bicyclic) bond motifs is 1. The zero-order valence-electron chi connectivity index (χ0n) is 17.9. The first-order valence-electron chi connectivity index (χ1n) is 10.0. The van der Waals surface area contributed by atoms with Crippen molar-refractivity contribution in [1.29, 1.82) is 0 Å². The standard InChI is InChI=1S/C24H28O6/c1-5-28-22-15-19-12-16(2)30-23(19)14-18(22)6-8-20(25)17-7-9-21(24(13-17)27-4)29-11-10-26-3/h6-9,13-16H,5,10-12H2,1-4H3/b8-6+. The van der Waals surface area contributed by atoms with Gasteiger partial charge in [-0.25, -0.2) is 0 Å². The van der Waals surface area contributed by atoms with E-state index in [1.165, 1.54) is 6.08 Å². The fourth-order valence-corrected chi connectivity index (χ4v) is 3.30. The van der Waals surface area contributed by atoms with Crippen molar-refractivity contribution in [3.8, 4) is 23.0 Å². The molecule has 2 aromatic carbocycles. The first kappa shape index (κ1) is 21.7. The van der Waals surface area contributed by atoms with Gasteiger partial charge in [-0.05, 0) is 56.3 Å². The second-order valence-corrected chi connectivity index (χ2v) is 6.97. The summed E-state index contributed by atoms with van der Waals surface area (Å²) in [6, 6.07) is 9.05. The number of hydrogen-bond acceptors (Lipinski definition) is 6. The van der Waals surface area contributed by atoms with Crippen LogP contribution in [0.2, 0.25) is 0 Å². The van der Waals surface area contributed by atoms with Crippen molar-refractivity contribution in [1.82, 2.24) is 0 Å². The van der Waals surface area contributed by atoms with Crippen LogP contribution in [0.25, 0.3) is 6.08 Å². The third-order valence-corrected chi connectivity index (χ3v) is 4.74. The molecule has 0 amide bonds. The molecule has 0 N–H and O–H groups in total. The highest BCUT2D eigenvalue weighted by molar-refractivity contribution is 6.07. The van der Waals surface area contributed by atoms with Crippen molar-refractivity contribution in [2.45, 2.75) is 26.4 Å². The third-order valence-electron chi connectivity index (χ3n) is 4.74. The maximum atomic E-state index is 12.7. The number of allylic oxidation sites excluding steroid dienone is 1. The lowest BCUT2D eigenvalue weighted by molar-refractivity contribution is 0.104. The van der Waals surface area contributed by atoms with Crippen LogP contribution in [-0.2, 0) is 11.2 Å². The van der Waals surface area contributed by atoms with Gasteiger partial charge in [0.2, 0.25) is 0 Å². The van der Waals surface area contributed by atoms with Gasteiger partial charge in [-0.1, -0.05) is 0 Å². The number of carbonyl (C=O) groups excluding carboxylic acids is 1. The normalized spacial score (nSPS) is 15.0. The van der Waals surface area contributed by atoms with E-state index >= 15 is 0 Å². The first-order valence-corrected chi connectivity index (χ1v) is 10.0. The molecule has 0 fully saturated rings. The summed E-state index contributed by atoms with van der Waals surface area (Å²) in [5.41, 5.74) is 2.44. The smallest absolute Gasteiger partial charge is 0.185 e. The lowest BCUT2D eigenvalue weighted by atomic mass is 10.0. The Morgan fingerprint density at radius 3 is 2.67 bits per heavy atom. The van der Waals surface area contributed by atoms with E-state index < -0.39 is 0 Å². The van der Waals surface area contributed by atoms with Crippen LogP contribution in [0.5, 0.6) is 23.0 Å². The van der Waals surface area contributed by atoms with Gasteiger partial charge in [-0.2, -0.15) is 0 Å². The molecule has 1 aliphatic heterocycles. The van der Waals surface area contributed by atoms with Crippen LogP contribution in [0.15, 0.2) is 36.4 Å². The highest BCUT2D eigenvalue weighted by Crippen LogP contribution is 2.36. The van der Waals surface area contributed by atoms with Crippen molar-refractivity contribution in [3.63, 3.8) is 0 Å². The summed E-state index contributed by atoms with van der Waals surface area (Å²) >= 11 is 0. The number of ketones is 1. The minimum atomic E-state index is -0.144. The second kappa shape index (κ2) is 10.2. The largest absolute Gasteiger partial charge is 0.493 e. The number of carbonyl (C=O) groups is 1. The SMILES string of the molecule is CCOc1cc2c(cc1/C=C/C(=O)c1ccc(OCCOC)c(OC)c1)OC(C)C2. The summed E-state index contributed by atoms with van der Waals surface area (Å²) < 4.78 is 27.6. The Kier molecular flexibility index (Phi) is 7.36. The molecule has 0 bridgehead atoms. The number of methoxy groups -OCH3 is 2. The molecule has 1 aliphatic rings. The quantitative estimate of drug-likeness (QED) is 0.329. The predicted molar refractivity (Wildman–Crippen MR) is 115 cm³/mol. The maximum absolute atomic E-state index is 12.7.